The van der Waals surface area contributed by atoms with Gasteiger partial charge in [-0.2, -0.15) is 5.26 Å². The minimum Gasteiger partial charge on any atom is -0.439 e. The molecule has 1 aromatic carbocycles. The number of esters is 1. The zero-order valence-electron chi connectivity index (χ0n) is 11.7. The van der Waals surface area contributed by atoms with E-state index in [4.69, 9.17) is 14.7 Å². The van der Waals surface area contributed by atoms with Crippen LogP contribution in [0.15, 0.2) is 48.7 Å². The lowest BCUT2D eigenvalue weighted by atomic mass is 9.96. The minimum atomic E-state index is -1.18. The van der Waals surface area contributed by atoms with E-state index in [9.17, 15) is 4.79 Å². The number of nitrogens with zero attached hydrogens (tertiary/aromatic N) is 2. The van der Waals surface area contributed by atoms with E-state index < -0.39 is 11.4 Å². The molecule has 2 aromatic rings. The maximum atomic E-state index is 11.8. The Morgan fingerprint density at radius 1 is 1.14 bits per heavy atom. The van der Waals surface area contributed by atoms with E-state index in [-0.39, 0.29) is 0 Å². The smallest absolute Gasteiger partial charge is 0.331 e. The summed E-state index contributed by atoms with van der Waals surface area (Å²) in [5.41, 5.74) is -1.18. The molecule has 0 saturated carbocycles. The molecule has 0 atom stereocenters. The van der Waals surface area contributed by atoms with Crippen LogP contribution in [0.5, 0.6) is 17.4 Å². The third-order valence-corrected chi connectivity index (χ3v) is 2.68. The number of nitriles is 1. The molecule has 0 amide bonds. The van der Waals surface area contributed by atoms with Crippen molar-refractivity contribution in [2.75, 3.05) is 0 Å². The van der Waals surface area contributed by atoms with Gasteiger partial charge in [-0.05, 0) is 44.2 Å². The van der Waals surface area contributed by atoms with Gasteiger partial charge in [0.15, 0.2) is 0 Å². The summed E-state index contributed by atoms with van der Waals surface area (Å²) in [7, 11) is 0. The molecule has 0 aliphatic carbocycles. The van der Waals surface area contributed by atoms with Crippen LogP contribution in [0.3, 0.4) is 0 Å². The molecule has 106 valence electrons. The first kappa shape index (κ1) is 14.5. The highest BCUT2D eigenvalue weighted by Gasteiger charge is 2.29. The highest BCUT2D eigenvalue weighted by atomic mass is 16.5. The highest BCUT2D eigenvalue weighted by molar-refractivity contribution is 5.81. The molecular formula is C16H14N2O3. The summed E-state index contributed by atoms with van der Waals surface area (Å²) in [5, 5.41) is 8.87. The van der Waals surface area contributed by atoms with Crippen molar-refractivity contribution >= 4 is 5.97 Å². The first-order valence-electron chi connectivity index (χ1n) is 6.34. The van der Waals surface area contributed by atoms with Gasteiger partial charge in [-0.1, -0.05) is 6.07 Å². The molecule has 0 saturated heterocycles. The van der Waals surface area contributed by atoms with E-state index in [2.05, 4.69) is 4.98 Å². The maximum Gasteiger partial charge on any atom is 0.331 e. The van der Waals surface area contributed by atoms with E-state index >= 15 is 0 Å². The Morgan fingerprint density at radius 3 is 2.38 bits per heavy atom. The molecule has 0 N–H and O–H groups in total. The summed E-state index contributed by atoms with van der Waals surface area (Å²) in [5.74, 6) is 0.820. The summed E-state index contributed by atoms with van der Waals surface area (Å²) < 4.78 is 10.7. The van der Waals surface area contributed by atoms with Crippen molar-refractivity contribution < 1.29 is 14.3 Å². The molecule has 21 heavy (non-hydrogen) atoms. The number of pyridine rings is 1. The first-order valence-corrected chi connectivity index (χ1v) is 6.34. The zero-order valence-corrected chi connectivity index (χ0v) is 11.7. The largest absolute Gasteiger partial charge is 0.439 e. The van der Waals surface area contributed by atoms with Crippen molar-refractivity contribution in [2.45, 2.75) is 13.8 Å². The monoisotopic (exact) mass is 282 g/mol. The van der Waals surface area contributed by atoms with Gasteiger partial charge >= 0.3 is 5.97 Å². The Bertz CT molecular complexity index is 658. The fourth-order valence-electron chi connectivity index (χ4n) is 1.38. The van der Waals surface area contributed by atoms with Crippen molar-refractivity contribution in [1.29, 1.82) is 5.26 Å². The van der Waals surface area contributed by atoms with Gasteiger partial charge in [-0.15, -0.1) is 0 Å². The van der Waals surface area contributed by atoms with Gasteiger partial charge in [0.25, 0.3) is 0 Å². The summed E-state index contributed by atoms with van der Waals surface area (Å²) in [6, 6.07) is 13.8. The van der Waals surface area contributed by atoms with Crippen LogP contribution in [0.1, 0.15) is 13.8 Å². The Balaban J connectivity index is 2.03. The minimum absolute atomic E-state index is 0.358. The van der Waals surface area contributed by atoms with Crippen LogP contribution in [0.2, 0.25) is 0 Å². The molecular weight excluding hydrogens is 268 g/mol. The number of benzene rings is 1. The summed E-state index contributed by atoms with van der Waals surface area (Å²) in [6.45, 7) is 3.02. The van der Waals surface area contributed by atoms with Gasteiger partial charge in [-0.3, -0.25) is 0 Å². The second kappa shape index (κ2) is 6.06. The average molecular weight is 282 g/mol. The van der Waals surface area contributed by atoms with Crippen molar-refractivity contribution in [1.82, 2.24) is 4.98 Å². The van der Waals surface area contributed by atoms with Crippen molar-refractivity contribution in [3.8, 4) is 23.4 Å². The van der Waals surface area contributed by atoms with Gasteiger partial charge in [-0.25, -0.2) is 9.78 Å². The van der Waals surface area contributed by atoms with Gasteiger partial charge in [0.1, 0.15) is 16.9 Å². The number of ether oxygens (including phenoxy) is 2. The standard InChI is InChI=1S/C16H14N2O3/c1-16(2,11-17)15(19)21-13-8-6-12(7-9-13)20-14-5-3-4-10-18-14/h3-10H,1-2H3. The lowest BCUT2D eigenvalue weighted by Crippen LogP contribution is -2.27. The zero-order chi connectivity index (χ0) is 15.3. The quantitative estimate of drug-likeness (QED) is 0.635. The summed E-state index contributed by atoms with van der Waals surface area (Å²) in [6.07, 6.45) is 1.63. The maximum absolute atomic E-state index is 11.8. The second-order valence-corrected chi connectivity index (χ2v) is 4.87. The highest BCUT2D eigenvalue weighted by Crippen LogP contribution is 2.24. The molecule has 5 heteroatoms. The molecule has 0 spiro atoms. The molecule has 0 aliphatic heterocycles. The lowest BCUT2D eigenvalue weighted by Gasteiger charge is -2.13. The molecule has 1 aromatic heterocycles. The van der Waals surface area contributed by atoms with E-state index in [0.717, 1.165) is 0 Å². The van der Waals surface area contributed by atoms with E-state index in [0.29, 0.717) is 17.4 Å². The van der Waals surface area contributed by atoms with Gasteiger partial charge < -0.3 is 9.47 Å². The molecule has 0 fully saturated rings. The number of hydrogen-bond acceptors (Lipinski definition) is 5. The Hall–Kier alpha value is -2.87. The average Bonchev–Trinajstić information content (AvgIpc) is 2.50. The van der Waals surface area contributed by atoms with Crippen molar-refractivity contribution in [3.63, 3.8) is 0 Å². The number of carbonyl (C=O) groups is 1. The van der Waals surface area contributed by atoms with Crippen LogP contribution in [-0.4, -0.2) is 11.0 Å². The van der Waals surface area contributed by atoms with Crippen LogP contribution in [-0.2, 0) is 4.79 Å². The Morgan fingerprint density at radius 2 is 1.81 bits per heavy atom. The normalized spacial score (nSPS) is 10.5. The number of aromatic nitrogens is 1. The molecule has 0 radical (unpaired) electrons. The van der Waals surface area contributed by atoms with E-state index in [1.807, 2.05) is 12.1 Å². The van der Waals surface area contributed by atoms with Crippen LogP contribution in [0.25, 0.3) is 0 Å². The molecule has 2 rings (SSSR count). The van der Waals surface area contributed by atoms with Crippen LogP contribution in [0.4, 0.5) is 0 Å². The Kier molecular flexibility index (Phi) is 4.19. The summed E-state index contributed by atoms with van der Waals surface area (Å²) >= 11 is 0. The van der Waals surface area contributed by atoms with Crippen molar-refractivity contribution in [2.24, 2.45) is 5.41 Å². The van der Waals surface area contributed by atoms with Crippen LogP contribution in [0, 0.1) is 16.7 Å². The van der Waals surface area contributed by atoms with Gasteiger partial charge in [0.2, 0.25) is 5.88 Å². The van der Waals surface area contributed by atoms with Crippen molar-refractivity contribution in [3.05, 3.63) is 48.7 Å². The topological polar surface area (TPSA) is 72.2 Å². The second-order valence-electron chi connectivity index (χ2n) is 4.87. The van der Waals surface area contributed by atoms with Gasteiger partial charge in [0, 0.05) is 12.3 Å². The van der Waals surface area contributed by atoms with Crippen LogP contribution < -0.4 is 9.47 Å². The number of hydrogen-bond donors (Lipinski definition) is 0. The summed E-state index contributed by atoms with van der Waals surface area (Å²) in [4.78, 5) is 15.8. The number of carbonyl (C=O) groups excluding carboxylic acids is 1. The van der Waals surface area contributed by atoms with Gasteiger partial charge in [0.05, 0.1) is 6.07 Å². The fourth-order valence-corrected chi connectivity index (χ4v) is 1.38. The van der Waals surface area contributed by atoms with Crippen LogP contribution >= 0.6 is 0 Å². The first-order chi connectivity index (χ1) is 10.0. The third-order valence-electron chi connectivity index (χ3n) is 2.68. The molecule has 1 heterocycles. The fraction of sp³-hybridized carbons (Fsp3) is 0.188. The van der Waals surface area contributed by atoms with E-state index in [1.54, 1.807) is 42.6 Å². The number of rotatable bonds is 4. The predicted molar refractivity (Wildman–Crippen MR) is 75.8 cm³/mol. The predicted octanol–water partition coefficient (Wildman–Crippen LogP) is 3.33. The van der Waals surface area contributed by atoms with E-state index in [1.165, 1.54) is 13.8 Å². The SMILES string of the molecule is CC(C)(C#N)C(=O)Oc1ccc(Oc2ccccn2)cc1. The molecule has 5 nitrogen and oxygen atoms in total. The third kappa shape index (κ3) is 3.80. The molecule has 0 unspecified atom stereocenters. The molecule has 0 aliphatic rings. The lowest BCUT2D eigenvalue weighted by molar-refractivity contribution is -0.141. The Labute approximate surface area is 122 Å². The molecule has 0 bridgehead atoms.